The smallest absolute Gasteiger partial charge is 0.411 e. The molecule has 20 heavy (non-hydrogen) atoms. The van der Waals surface area contributed by atoms with E-state index in [1.165, 1.54) is 4.90 Å². The maximum atomic E-state index is 12.1. The van der Waals surface area contributed by atoms with Gasteiger partial charge in [-0.1, -0.05) is 12.2 Å². The molecular weight excluding hydrogens is 262 g/mol. The van der Waals surface area contributed by atoms with E-state index < -0.39 is 36.2 Å². The largest absolute Gasteiger partial charge is 0.444 e. The first-order chi connectivity index (χ1) is 9.21. The molecule has 0 aliphatic carbocycles. The van der Waals surface area contributed by atoms with E-state index in [-0.39, 0.29) is 12.5 Å². The van der Waals surface area contributed by atoms with E-state index in [2.05, 4.69) is 0 Å². The van der Waals surface area contributed by atoms with E-state index in [0.29, 0.717) is 0 Å². The molecule has 0 radical (unpaired) electrons. The molecule has 0 saturated carbocycles. The third-order valence-corrected chi connectivity index (χ3v) is 3.06. The summed E-state index contributed by atoms with van der Waals surface area (Å²) in [5.41, 5.74) is -0.687. The number of hydrogen-bond donors (Lipinski definition) is 2. The van der Waals surface area contributed by atoms with Crippen molar-refractivity contribution in [2.75, 3.05) is 13.2 Å². The maximum absolute atomic E-state index is 12.1. The van der Waals surface area contributed by atoms with Gasteiger partial charge in [0, 0.05) is 12.5 Å². The molecule has 6 heteroatoms. The van der Waals surface area contributed by atoms with Gasteiger partial charge in [-0.3, -0.25) is 9.69 Å². The molecule has 1 saturated heterocycles. The van der Waals surface area contributed by atoms with Crippen LogP contribution in [0, 0.1) is 5.92 Å². The van der Waals surface area contributed by atoms with Crippen LogP contribution in [-0.4, -0.2) is 57.9 Å². The van der Waals surface area contributed by atoms with Crippen LogP contribution in [0.25, 0.3) is 0 Å². The second-order valence-electron chi connectivity index (χ2n) is 5.88. The highest BCUT2D eigenvalue weighted by molar-refractivity contribution is 5.89. The summed E-state index contributed by atoms with van der Waals surface area (Å²) in [5.74, 6) is -0.927. The zero-order valence-electron chi connectivity index (χ0n) is 12.4. The summed E-state index contributed by atoms with van der Waals surface area (Å²) in [6, 6.07) is -1.06. The molecule has 0 aromatic carbocycles. The predicted octanol–water partition coefficient (Wildman–Crippen LogP) is 0.720. The topological polar surface area (TPSA) is 87.1 Å². The summed E-state index contributed by atoms with van der Waals surface area (Å²) >= 11 is 0. The number of Topliss-reactive ketones (excluding diaryl/α,β-unsaturated/α-hetero) is 1. The normalized spacial score (nSPS) is 27.1. The highest BCUT2D eigenvalue weighted by Crippen LogP contribution is 2.27. The highest BCUT2D eigenvalue weighted by atomic mass is 16.6. The summed E-state index contributed by atoms with van der Waals surface area (Å²) < 4.78 is 5.24. The zero-order chi connectivity index (χ0) is 15.5. The van der Waals surface area contributed by atoms with Crippen molar-refractivity contribution < 1.29 is 24.5 Å². The fourth-order valence-corrected chi connectivity index (χ4v) is 2.26. The van der Waals surface area contributed by atoms with Gasteiger partial charge in [0.2, 0.25) is 0 Å². The Morgan fingerprint density at radius 3 is 2.45 bits per heavy atom. The summed E-state index contributed by atoms with van der Waals surface area (Å²) in [6.45, 7) is 6.45. The van der Waals surface area contributed by atoms with Crippen molar-refractivity contribution in [1.82, 2.24) is 4.90 Å². The zero-order valence-corrected chi connectivity index (χ0v) is 12.4. The average Bonchev–Trinajstić information content (AvgIpc) is 2.65. The number of likely N-dealkylation sites (tertiary alicyclic amines) is 1. The number of aliphatic hydroxyl groups excluding tert-OH is 2. The standard InChI is InChI=1S/C14H23NO5/c1-5-6-9-7-15(13(19)20-14(2,3)4)11(12(9)18)10(17)8-16/h5-6,9,11-12,16,18H,7-8H2,1-4H3/b6-5+/t9-,11+,12+/m0/s1. The number of amides is 1. The Morgan fingerprint density at radius 2 is 2.00 bits per heavy atom. The Bertz CT molecular complexity index is 399. The van der Waals surface area contributed by atoms with Gasteiger partial charge in [0.25, 0.3) is 0 Å². The molecule has 1 aliphatic rings. The minimum atomic E-state index is -1.06. The molecule has 1 amide bonds. The van der Waals surface area contributed by atoms with Crippen molar-refractivity contribution in [3.05, 3.63) is 12.2 Å². The Morgan fingerprint density at radius 1 is 1.40 bits per heavy atom. The van der Waals surface area contributed by atoms with Gasteiger partial charge in [-0.05, 0) is 27.7 Å². The lowest BCUT2D eigenvalue weighted by Crippen LogP contribution is -2.48. The molecule has 0 aromatic rings. The van der Waals surface area contributed by atoms with E-state index in [1.807, 2.05) is 0 Å². The lowest BCUT2D eigenvalue weighted by Gasteiger charge is -2.28. The molecule has 1 heterocycles. The molecular formula is C14H23NO5. The van der Waals surface area contributed by atoms with E-state index in [4.69, 9.17) is 9.84 Å². The van der Waals surface area contributed by atoms with Crippen LogP contribution in [0.3, 0.4) is 0 Å². The third kappa shape index (κ3) is 3.80. The molecule has 1 rings (SSSR count). The first kappa shape index (κ1) is 16.7. The lowest BCUT2D eigenvalue weighted by atomic mass is 9.99. The molecule has 3 atom stereocenters. The van der Waals surface area contributed by atoms with Crippen LogP contribution >= 0.6 is 0 Å². The molecule has 114 valence electrons. The fraction of sp³-hybridized carbons (Fsp3) is 0.714. The highest BCUT2D eigenvalue weighted by Gasteiger charge is 2.46. The second kappa shape index (κ2) is 6.37. The third-order valence-electron chi connectivity index (χ3n) is 3.06. The van der Waals surface area contributed by atoms with Crippen LogP contribution < -0.4 is 0 Å². The van der Waals surface area contributed by atoms with Gasteiger partial charge in [0.15, 0.2) is 5.78 Å². The van der Waals surface area contributed by atoms with Gasteiger partial charge < -0.3 is 14.9 Å². The lowest BCUT2D eigenvalue weighted by molar-refractivity contribution is -0.128. The maximum Gasteiger partial charge on any atom is 0.411 e. The number of hydrogen-bond acceptors (Lipinski definition) is 5. The molecule has 6 nitrogen and oxygen atoms in total. The van der Waals surface area contributed by atoms with Gasteiger partial charge in [-0.15, -0.1) is 0 Å². The summed E-state index contributed by atoms with van der Waals surface area (Å²) in [6.07, 6.45) is 1.81. The van der Waals surface area contributed by atoms with Crippen LogP contribution in [0.4, 0.5) is 4.79 Å². The molecule has 1 aliphatic heterocycles. The molecule has 0 unspecified atom stereocenters. The first-order valence-corrected chi connectivity index (χ1v) is 6.65. The Kier molecular flexibility index (Phi) is 5.30. The quantitative estimate of drug-likeness (QED) is 0.746. The van der Waals surface area contributed by atoms with Crippen molar-refractivity contribution in [2.45, 2.75) is 45.4 Å². The number of ether oxygens (including phenoxy) is 1. The number of carbonyl (C=O) groups excluding carboxylic acids is 2. The van der Waals surface area contributed by atoms with Crippen LogP contribution in [0.1, 0.15) is 27.7 Å². The fourth-order valence-electron chi connectivity index (χ4n) is 2.26. The number of allylic oxidation sites excluding steroid dienone is 1. The van der Waals surface area contributed by atoms with Gasteiger partial charge in [-0.2, -0.15) is 0 Å². The van der Waals surface area contributed by atoms with Crippen molar-refractivity contribution in [1.29, 1.82) is 0 Å². The Balaban J connectivity index is 2.96. The summed E-state index contributed by atoms with van der Waals surface area (Å²) in [7, 11) is 0. The van der Waals surface area contributed by atoms with Crippen LogP contribution in [0.15, 0.2) is 12.2 Å². The first-order valence-electron chi connectivity index (χ1n) is 6.65. The van der Waals surface area contributed by atoms with Crippen LogP contribution in [0.5, 0.6) is 0 Å². The summed E-state index contributed by atoms with van der Waals surface area (Å²) in [4.78, 5) is 25.1. The Labute approximate surface area is 119 Å². The molecule has 0 bridgehead atoms. The van der Waals surface area contributed by atoms with Gasteiger partial charge in [-0.25, -0.2) is 4.79 Å². The van der Waals surface area contributed by atoms with Gasteiger partial charge >= 0.3 is 6.09 Å². The molecule has 2 N–H and O–H groups in total. The minimum Gasteiger partial charge on any atom is -0.444 e. The summed E-state index contributed by atoms with van der Waals surface area (Å²) in [5, 5.41) is 19.2. The average molecular weight is 285 g/mol. The van der Waals surface area contributed by atoms with Crippen molar-refractivity contribution in [3.63, 3.8) is 0 Å². The van der Waals surface area contributed by atoms with E-state index in [1.54, 1.807) is 39.8 Å². The van der Waals surface area contributed by atoms with Gasteiger partial charge in [0.1, 0.15) is 18.2 Å². The number of nitrogens with zero attached hydrogens (tertiary/aromatic N) is 1. The minimum absolute atomic E-state index is 0.191. The van der Waals surface area contributed by atoms with Crippen molar-refractivity contribution in [3.8, 4) is 0 Å². The number of carbonyl (C=O) groups is 2. The predicted molar refractivity (Wildman–Crippen MR) is 73.1 cm³/mol. The van der Waals surface area contributed by atoms with E-state index >= 15 is 0 Å². The SMILES string of the molecule is C/C=C/[C@H]1CN(C(=O)OC(C)(C)C)[C@H](C(=O)CO)[C@@H]1O. The molecule has 1 fully saturated rings. The van der Waals surface area contributed by atoms with Crippen LogP contribution in [0.2, 0.25) is 0 Å². The van der Waals surface area contributed by atoms with Crippen molar-refractivity contribution in [2.24, 2.45) is 5.92 Å². The van der Waals surface area contributed by atoms with E-state index in [9.17, 15) is 14.7 Å². The molecule has 0 aromatic heterocycles. The number of aliphatic hydroxyl groups is 2. The monoisotopic (exact) mass is 285 g/mol. The van der Waals surface area contributed by atoms with Crippen molar-refractivity contribution >= 4 is 11.9 Å². The Hall–Kier alpha value is -1.40. The number of rotatable bonds is 3. The van der Waals surface area contributed by atoms with Gasteiger partial charge in [0.05, 0.1) is 6.10 Å². The van der Waals surface area contributed by atoms with E-state index in [0.717, 1.165) is 0 Å². The number of ketones is 1. The molecule has 0 spiro atoms. The second-order valence-corrected chi connectivity index (χ2v) is 5.88. The van der Waals surface area contributed by atoms with Crippen LogP contribution in [-0.2, 0) is 9.53 Å².